The summed E-state index contributed by atoms with van der Waals surface area (Å²) in [6, 6.07) is 8.57. The maximum absolute atomic E-state index is 13.1. The van der Waals surface area contributed by atoms with E-state index in [4.69, 9.17) is 0 Å². The summed E-state index contributed by atoms with van der Waals surface area (Å²) in [5.74, 6) is -0.668. The summed E-state index contributed by atoms with van der Waals surface area (Å²) < 4.78 is 13.7. The fourth-order valence-electron chi connectivity index (χ4n) is 1.58. The predicted octanol–water partition coefficient (Wildman–Crippen LogP) is 3.85. The molecule has 2 aromatic rings. The van der Waals surface area contributed by atoms with Crippen molar-refractivity contribution in [3.05, 3.63) is 57.8 Å². The molecule has 0 aliphatic carbocycles. The number of rotatable bonds is 2. The molecule has 0 bridgehead atoms. The van der Waals surface area contributed by atoms with E-state index in [9.17, 15) is 14.3 Å². The first-order chi connectivity index (χ1) is 8.97. The molecule has 0 saturated heterocycles. The molecule has 2 aromatic carbocycles. The number of carbonyl (C=O) groups excluding carboxylic acids is 1. The standard InChI is InChI=1S/C14H11BrFNO2/c1-8-6-9(2-5-13(8)18)14(19)17-12-7-10(16)3-4-11(12)15/h2-7,18H,1H3,(H,17,19). The SMILES string of the molecule is Cc1cc(C(=O)Nc2cc(F)ccc2Br)ccc1O. The van der Waals surface area contributed by atoms with Gasteiger partial charge >= 0.3 is 0 Å². The molecular weight excluding hydrogens is 313 g/mol. The Bertz CT molecular complexity index is 643. The predicted molar refractivity (Wildman–Crippen MR) is 74.9 cm³/mol. The largest absolute Gasteiger partial charge is 0.508 e. The molecule has 5 heteroatoms. The summed E-state index contributed by atoms with van der Waals surface area (Å²) in [6.07, 6.45) is 0. The minimum atomic E-state index is -0.430. The van der Waals surface area contributed by atoms with Gasteiger partial charge in [0.05, 0.1) is 5.69 Å². The molecule has 0 saturated carbocycles. The van der Waals surface area contributed by atoms with Gasteiger partial charge in [0.25, 0.3) is 5.91 Å². The van der Waals surface area contributed by atoms with Gasteiger partial charge < -0.3 is 10.4 Å². The molecule has 0 radical (unpaired) electrons. The summed E-state index contributed by atoms with van der Waals surface area (Å²) >= 11 is 3.24. The fourth-order valence-corrected chi connectivity index (χ4v) is 1.93. The highest BCUT2D eigenvalue weighted by atomic mass is 79.9. The molecule has 3 nitrogen and oxygen atoms in total. The molecule has 0 unspecified atom stereocenters. The first kappa shape index (κ1) is 13.5. The van der Waals surface area contributed by atoms with Crippen LogP contribution in [0.1, 0.15) is 15.9 Å². The van der Waals surface area contributed by atoms with Crippen molar-refractivity contribution < 1.29 is 14.3 Å². The maximum atomic E-state index is 13.1. The maximum Gasteiger partial charge on any atom is 0.255 e. The topological polar surface area (TPSA) is 49.3 Å². The van der Waals surface area contributed by atoms with Crippen LogP contribution in [0.25, 0.3) is 0 Å². The summed E-state index contributed by atoms with van der Waals surface area (Å²) in [7, 11) is 0. The number of amides is 1. The van der Waals surface area contributed by atoms with Crippen LogP contribution >= 0.6 is 15.9 Å². The van der Waals surface area contributed by atoms with Crippen molar-refractivity contribution in [2.45, 2.75) is 6.92 Å². The number of halogens is 2. The van der Waals surface area contributed by atoms with Crippen LogP contribution < -0.4 is 5.32 Å². The number of anilines is 1. The number of phenols is 1. The van der Waals surface area contributed by atoms with Crippen molar-refractivity contribution >= 4 is 27.5 Å². The average Bonchev–Trinajstić information content (AvgIpc) is 2.37. The van der Waals surface area contributed by atoms with Crippen molar-refractivity contribution in [1.29, 1.82) is 0 Å². The third-order valence-electron chi connectivity index (χ3n) is 2.64. The quantitative estimate of drug-likeness (QED) is 0.881. The van der Waals surface area contributed by atoms with E-state index in [2.05, 4.69) is 21.2 Å². The molecule has 0 atom stereocenters. The molecule has 2 rings (SSSR count). The smallest absolute Gasteiger partial charge is 0.255 e. The molecular formula is C14H11BrFNO2. The molecule has 0 aromatic heterocycles. The number of hydrogen-bond donors (Lipinski definition) is 2. The number of phenolic OH excluding ortho intramolecular Hbond substituents is 1. The van der Waals surface area contributed by atoms with E-state index in [1.807, 2.05) is 0 Å². The fraction of sp³-hybridized carbons (Fsp3) is 0.0714. The Balaban J connectivity index is 2.25. The third-order valence-corrected chi connectivity index (χ3v) is 3.33. The highest BCUT2D eigenvalue weighted by Crippen LogP contribution is 2.24. The summed E-state index contributed by atoms with van der Waals surface area (Å²) in [5, 5.41) is 12.0. The minimum absolute atomic E-state index is 0.128. The number of carbonyl (C=O) groups is 1. The second-order valence-corrected chi connectivity index (χ2v) is 4.93. The lowest BCUT2D eigenvalue weighted by Gasteiger charge is -2.08. The van der Waals surface area contributed by atoms with E-state index in [0.29, 0.717) is 21.3 Å². The lowest BCUT2D eigenvalue weighted by molar-refractivity contribution is 0.102. The number of nitrogens with one attached hydrogen (secondary N) is 1. The van der Waals surface area contributed by atoms with Gasteiger partial charge in [-0.25, -0.2) is 4.39 Å². The van der Waals surface area contributed by atoms with Gasteiger partial charge in [0.1, 0.15) is 11.6 Å². The van der Waals surface area contributed by atoms with Crippen LogP contribution in [-0.4, -0.2) is 11.0 Å². The molecule has 2 N–H and O–H groups in total. The van der Waals surface area contributed by atoms with E-state index in [1.165, 1.54) is 30.3 Å². The lowest BCUT2D eigenvalue weighted by Crippen LogP contribution is -2.12. The van der Waals surface area contributed by atoms with Gasteiger partial charge in [-0.1, -0.05) is 0 Å². The van der Waals surface area contributed by atoms with E-state index in [-0.39, 0.29) is 11.7 Å². The zero-order chi connectivity index (χ0) is 14.0. The highest BCUT2D eigenvalue weighted by molar-refractivity contribution is 9.10. The van der Waals surface area contributed by atoms with E-state index >= 15 is 0 Å². The Hall–Kier alpha value is -1.88. The van der Waals surface area contributed by atoms with Crippen molar-refractivity contribution in [1.82, 2.24) is 0 Å². The zero-order valence-electron chi connectivity index (χ0n) is 10.1. The van der Waals surface area contributed by atoms with E-state index in [0.717, 1.165) is 0 Å². The van der Waals surface area contributed by atoms with Gasteiger partial charge in [-0.2, -0.15) is 0 Å². The first-order valence-corrected chi connectivity index (χ1v) is 6.32. The summed E-state index contributed by atoms with van der Waals surface area (Å²) in [6.45, 7) is 1.70. The Morgan fingerprint density at radius 1 is 1.26 bits per heavy atom. The summed E-state index contributed by atoms with van der Waals surface area (Å²) in [4.78, 5) is 12.0. The minimum Gasteiger partial charge on any atom is -0.508 e. The second kappa shape index (κ2) is 5.40. The molecule has 0 spiro atoms. The van der Waals surface area contributed by atoms with E-state index in [1.54, 1.807) is 13.0 Å². The lowest BCUT2D eigenvalue weighted by atomic mass is 10.1. The van der Waals surface area contributed by atoms with Crippen molar-refractivity contribution in [2.24, 2.45) is 0 Å². The van der Waals surface area contributed by atoms with Gasteiger partial charge in [0, 0.05) is 10.0 Å². The number of hydrogen-bond acceptors (Lipinski definition) is 2. The third kappa shape index (κ3) is 3.12. The average molecular weight is 324 g/mol. The molecule has 1 amide bonds. The van der Waals surface area contributed by atoms with Gasteiger partial charge in [-0.05, 0) is 64.8 Å². The molecule has 0 aliphatic heterocycles. The summed E-state index contributed by atoms with van der Waals surface area (Å²) in [5.41, 5.74) is 1.35. The van der Waals surface area contributed by atoms with Crippen molar-refractivity contribution in [3.63, 3.8) is 0 Å². The Morgan fingerprint density at radius 2 is 2.00 bits per heavy atom. The monoisotopic (exact) mass is 323 g/mol. The van der Waals surface area contributed by atoms with Gasteiger partial charge in [-0.3, -0.25) is 4.79 Å². The van der Waals surface area contributed by atoms with Crippen molar-refractivity contribution in [2.75, 3.05) is 5.32 Å². The molecule has 0 aliphatic rings. The van der Waals surface area contributed by atoms with Crippen LogP contribution in [0.15, 0.2) is 40.9 Å². The van der Waals surface area contributed by atoms with Crippen LogP contribution in [-0.2, 0) is 0 Å². The van der Waals surface area contributed by atoms with Crippen LogP contribution in [0.3, 0.4) is 0 Å². The molecule has 0 heterocycles. The van der Waals surface area contributed by atoms with E-state index < -0.39 is 5.82 Å². The van der Waals surface area contributed by atoms with Crippen molar-refractivity contribution in [3.8, 4) is 5.75 Å². The number of benzene rings is 2. The second-order valence-electron chi connectivity index (χ2n) is 4.08. The van der Waals surface area contributed by atoms with Crippen LogP contribution in [0.5, 0.6) is 5.75 Å². The van der Waals surface area contributed by atoms with Crippen LogP contribution in [0.2, 0.25) is 0 Å². The molecule has 0 fully saturated rings. The van der Waals surface area contributed by atoms with Crippen LogP contribution in [0, 0.1) is 12.7 Å². The van der Waals surface area contributed by atoms with Gasteiger partial charge in [0.2, 0.25) is 0 Å². The van der Waals surface area contributed by atoms with Gasteiger partial charge in [0.15, 0.2) is 0 Å². The molecule has 98 valence electrons. The Kier molecular flexibility index (Phi) is 3.85. The first-order valence-electron chi connectivity index (χ1n) is 5.53. The highest BCUT2D eigenvalue weighted by Gasteiger charge is 2.10. The number of aryl methyl sites for hydroxylation is 1. The molecule has 19 heavy (non-hydrogen) atoms. The van der Waals surface area contributed by atoms with Gasteiger partial charge in [-0.15, -0.1) is 0 Å². The Morgan fingerprint density at radius 3 is 2.68 bits per heavy atom. The zero-order valence-corrected chi connectivity index (χ0v) is 11.7. The van der Waals surface area contributed by atoms with Crippen LogP contribution in [0.4, 0.5) is 10.1 Å². The number of aromatic hydroxyl groups is 1. The normalized spacial score (nSPS) is 10.3. The Labute approximate surface area is 118 Å².